The van der Waals surface area contributed by atoms with E-state index in [0.717, 1.165) is 5.16 Å². The number of nitrogens with one attached hydrogen (secondary N) is 1. The van der Waals surface area contributed by atoms with Gasteiger partial charge in [0.2, 0.25) is 0 Å². The molecule has 19 heavy (non-hydrogen) atoms. The van der Waals surface area contributed by atoms with Crippen LogP contribution in [0.15, 0.2) is 35.7 Å². The van der Waals surface area contributed by atoms with Crippen LogP contribution in [0.2, 0.25) is 0 Å². The smallest absolute Gasteiger partial charge is 0.191 e. The molecule has 0 saturated heterocycles. The lowest BCUT2D eigenvalue weighted by Gasteiger charge is -2.23. The standard InChI is InChI=1S/C14H20N4S/c1-10-5-7-12(8-6-10)13(15-3)11(2)19-14-17-16-9-18(14)4/h5-9,11,13,15H,1-4H3. The molecule has 0 aliphatic heterocycles. The van der Waals surface area contributed by atoms with Crippen LogP contribution in [0, 0.1) is 6.92 Å². The minimum atomic E-state index is 0.294. The van der Waals surface area contributed by atoms with Crippen LogP contribution >= 0.6 is 11.8 Å². The van der Waals surface area contributed by atoms with Gasteiger partial charge in [-0.05, 0) is 19.5 Å². The Morgan fingerprint density at radius 2 is 1.95 bits per heavy atom. The van der Waals surface area contributed by atoms with Crippen molar-refractivity contribution in [3.63, 3.8) is 0 Å². The van der Waals surface area contributed by atoms with E-state index in [2.05, 4.69) is 53.6 Å². The van der Waals surface area contributed by atoms with Gasteiger partial charge in [-0.15, -0.1) is 10.2 Å². The number of benzene rings is 1. The van der Waals surface area contributed by atoms with E-state index in [-0.39, 0.29) is 0 Å². The zero-order valence-electron chi connectivity index (χ0n) is 11.8. The molecule has 1 heterocycles. The van der Waals surface area contributed by atoms with E-state index in [4.69, 9.17) is 0 Å². The first kappa shape index (κ1) is 14.1. The van der Waals surface area contributed by atoms with Crippen molar-refractivity contribution in [1.82, 2.24) is 20.1 Å². The second-order valence-electron chi connectivity index (χ2n) is 4.72. The lowest BCUT2D eigenvalue weighted by molar-refractivity contribution is 0.586. The Balaban J connectivity index is 2.13. The minimum Gasteiger partial charge on any atom is -0.312 e. The van der Waals surface area contributed by atoms with Crippen LogP contribution < -0.4 is 5.32 Å². The lowest BCUT2D eigenvalue weighted by atomic mass is 10.0. The van der Waals surface area contributed by atoms with Crippen molar-refractivity contribution in [3.05, 3.63) is 41.7 Å². The molecule has 0 amide bonds. The van der Waals surface area contributed by atoms with E-state index < -0.39 is 0 Å². The van der Waals surface area contributed by atoms with Crippen LogP contribution in [0.1, 0.15) is 24.1 Å². The topological polar surface area (TPSA) is 42.7 Å². The molecule has 1 aromatic carbocycles. The average Bonchev–Trinajstić information content (AvgIpc) is 2.78. The first-order valence-electron chi connectivity index (χ1n) is 6.36. The SMILES string of the molecule is CNC(c1ccc(C)cc1)C(C)Sc1nncn1C. The zero-order chi connectivity index (χ0) is 13.8. The lowest BCUT2D eigenvalue weighted by Crippen LogP contribution is -2.25. The predicted octanol–water partition coefficient (Wildman–Crippen LogP) is 2.56. The zero-order valence-corrected chi connectivity index (χ0v) is 12.6. The van der Waals surface area contributed by atoms with Crippen molar-refractivity contribution in [2.45, 2.75) is 30.3 Å². The molecule has 0 radical (unpaired) electrons. The molecule has 2 rings (SSSR count). The Kier molecular flexibility index (Phi) is 4.61. The number of rotatable bonds is 5. The molecule has 0 saturated carbocycles. The molecule has 0 aliphatic carbocycles. The van der Waals surface area contributed by atoms with E-state index in [1.165, 1.54) is 11.1 Å². The summed E-state index contributed by atoms with van der Waals surface area (Å²) in [5.41, 5.74) is 2.59. The summed E-state index contributed by atoms with van der Waals surface area (Å²) in [6.07, 6.45) is 1.73. The quantitative estimate of drug-likeness (QED) is 0.852. The second kappa shape index (κ2) is 6.21. The average molecular weight is 276 g/mol. The third-order valence-corrected chi connectivity index (χ3v) is 4.40. The Bertz CT molecular complexity index is 520. The van der Waals surface area contributed by atoms with Gasteiger partial charge < -0.3 is 9.88 Å². The maximum atomic E-state index is 4.13. The maximum Gasteiger partial charge on any atom is 0.191 e. The molecule has 1 aromatic heterocycles. The number of nitrogens with zero attached hydrogens (tertiary/aromatic N) is 3. The summed E-state index contributed by atoms with van der Waals surface area (Å²) in [5.74, 6) is 0. The Morgan fingerprint density at radius 3 is 2.47 bits per heavy atom. The summed E-state index contributed by atoms with van der Waals surface area (Å²) in [6.45, 7) is 4.32. The molecule has 1 N–H and O–H groups in total. The van der Waals surface area contributed by atoms with Gasteiger partial charge in [-0.25, -0.2) is 0 Å². The Labute approximate surface area is 118 Å². The second-order valence-corrected chi connectivity index (χ2v) is 6.07. The highest BCUT2D eigenvalue weighted by atomic mass is 32.2. The highest BCUT2D eigenvalue weighted by Gasteiger charge is 2.20. The van der Waals surface area contributed by atoms with E-state index in [1.54, 1.807) is 18.1 Å². The number of hydrogen-bond donors (Lipinski definition) is 1. The van der Waals surface area contributed by atoms with Gasteiger partial charge in [0.25, 0.3) is 0 Å². The first-order chi connectivity index (χ1) is 9.11. The monoisotopic (exact) mass is 276 g/mol. The highest BCUT2D eigenvalue weighted by Crippen LogP contribution is 2.30. The van der Waals surface area contributed by atoms with Crippen molar-refractivity contribution in [2.24, 2.45) is 7.05 Å². The molecule has 2 aromatic rings. The van der Waals surface area contributed by atoms with Gasteiger partial charge in [0.15, 0.2) is 5.16 Å². The Hall–Kier alpha value is -1.33. The van der Waals surface area contributed by atoms with Crippen LogP contribution in [0.5, 0.6) is 0 Å². The van der Waals surface area contributed by atoms with Crippen LogP contribution in [0.3, 0.4) is 0 Å². The highest BCUT2D eigenvalue weighted by molar-refractivity contribution is 7.99. The molecule has 0 fully saturated rings. The molecule has 2 unspecified atom stereocenters. The summed E-state index contributed by atoms with van der Waals surface area (Å²) >= 11 is 1.74. The summed E-state index contributed by atoms with van der Waals surface area (Å²) in [4.78, 5) is 0. The van der Waals surface area contributed by atoms with Crippen molar-refractivity contribution in [3.8, 4) is 0 Å². The van der Waals surface area contributed by atoms with Gasteiger partial charge in [0.05, 0.1) is 0 Å². The van der Waals surface area contributed by atoms with E-state index in [0.29, 0.717) is 11.3 Å². The van der Waals surface area contributed by atoms with Crippen LogP contribution in [0.25, 0.3) is 0 Å². The van der Waals surface area contributed by atoms with Crippen LogP contribution in [-0.4, -0.2) is 27.1 Å². The third-order valence-electron chi connectivity index (χ3n) is 3.18. The molecule has 0 bridgehead atoms. The van der Waals surface area contributed by atoms with E-state index in [9.17, 15) is 0 Å². The van der Waals surface area contributed by atoms with E-state index in [1.807, 2.05) is 18.7 Å². The molecule has 5 heteroatoms. The fourth-order valence-electron chi connectivity index (χ4n) is 2.06. The Morgan fingerprint density at radius 1 is 1.26 bits per heavy atom. The summed E-state index contributed by atoms with van der Waals surface area (Å²) in [7, 11) is 3.97. The first-order valence-corrected chi connectivity index (χ1v) is 7.24. The van der Waals surface area contributed by atoms with Gasteiger partial charge in [-0.1, -0.05) is 48.5 Å². The summed E-state index contributed by atoms with van der Waals surface area (Å²) in [6, 6.07) is 8.97. The fourth-order valence-corrected chi connectivity index (χ4v) is 3.13. The summed E-state index contributed by atoms with van der Waals surface area (Å²) in [5, 5.41) is 12.8. The van der Waals surface area contributed by atoms with Crippen LogP contribution in [0.4, 0.5) is 0 Å². The number of hydrogen-bond acceptors (Lipinski definition) is 4. The molecule has 0 aliphatic rings. The van der Waals surface area contributed by atoms with E-state index >= 15 is 0 Å². The van der Waals surface area contributed by atoms with Gasteiger partial charge in [-0.3, -0.25) is 0 Å². The van der Waals surface area contributed by atoms with Gasteiger partial charge in [-0.2, -0.15) is 0 Å². The van der Waals surface area contributed by atoms with Crippen molar-refractivity contribution in [2.75, 3.05) is 7.05 Å². The number of aromatic nitrogens is 3. The van der Waals surface area contributed by atoms with Crippen LogP contribution in [-0.2, 0) is 7.05 Å². The normalized spacial score (nSPS) is 14.3. The molecule has 4 nitrogen and oxygen atoms in total. The largest absolute Gasteiger partial charge is 0.312 e. The number of aryl methyl sites for hydroxylation is 2. The van der Waals surface area contributed by atoms with Gasteiger partial charge in [0, 0.05) is 18.3 Å². The predicted molar refractivity (Wildman–Crippen MR) is 79.3 cm³/mol. The van der Waals surface area contributed by atoms with Gasteiger partial charge in [0.1, 0.15) is 6.33 Å². The molecule has 0 spiro atoms. The van der Waals surface area contributed by atoms with Gasteiger partial charge >= 0.3 is 0 Å². The molecule has 102 valence electrons. The third kappa shape index (κ3) is 3.36. The molecule has 2 atom stereocenters. The van der Waals surface area contributed by atoms with Crippen molar-refractivity contribution < 1.29 is 0 Å². The van der Waals surface area contributed by atoms with Crippen molar-refractivity contribution in [1.29, 1.82) is 0 Å². The van der Waals surface area contributed by atoms with Crippen molar-refractivity contribution >= 4 is 11.8 Å². The molecular weight excluding hydrogens is 256 g/mol. The number of thioether (sulfide) groups is 1. The fraction of sp³-hybridized carbons (Fsp3) is 0.429. The minimum absolute atomic E-state index is 0.294. The summed E-state index contributed by atoms with van der Waals surface area (Å²) < 4.78 is 1.95. The molecular formula is C14H20N4S. The maximum absolute atomic E-state index is 4.13.